The van der Waals surface area contributed by atoms with Gasteiger partial charge < -0.3 is 53.6 Å². The molecular weight excluding hydrogens is 750 g/mol. The molecule has 0 aliphatic carbocycles. The van der Waals surface area contributed by atoms with Crippen molar-refractivity contribution in [3.63, 3.8) is 0 Å². The second-order valence-electron chi connectivity index (χ2n) is 19.7. The quantitative estimate of drug-likeness (QED) is 0.212. The van der Waals surface area contributed by atoms with E-state index in [0.717, 1.165) is 6.42 Å². The Labute approximate surface area is 348 Å². The Bertz CT molecular complexity index is 1350. The molecule has 0 spiro atoms. The molecule has 0 saturated carbocycles. The molecule has 3 aliphatic heterocycles. The molecular formula is C44H81NO13. The summed E-state index contributed by atoms with van der Waals surface area (Å²) in [6.45, 7) is 25.9. The van der Waals surface area contributed by atoms with Gasteiger partial charge in [-0.1, -0.05) is 41.5 Å². The normalized spacial score (nSPS) is 45.6. The Kier molecular flexibility index (Phi) is 17.4. The van der Waals surface area contributed by atoms with Crippen molar-refractivity contribution in [3.05, 3.63) is 0 Å². The first kappa shape index (κ1) is 51.1. The molecule has 18 atom stereocenters. The number of ether oxygens (including phenoxy) is 7. The van der Waals surface area contributed by atoms with Crippen LogP contribution in [0.4, 0.5) is 0 Å². The van der Waals surface area contributed by atoms with E-state index < -0.39 is 102 Å². The summed E-state index contributed by atoms with van der Waals surface area (Å²) < 4.78 is 44.6. The molecule has 0 amide bonds. The molecule has 14 nitrogen and oxygen atoms in total. The van der Waals surface area contributed by atoms with Crippen molar-refractivity contribution in [3.8, 4) is 0 Å². The van der Waals surface area contributed by atoms with Crippen molar-refractivity contribution < 1.29 is 63.2 Å². The lowest BCUT2D eigenvalue weighted by Crippen LogP contribution is -2.63. The Hall–Kier alpha value is -1.30. The summed E-state index contributed by atoms with van der Waals surface area (Å²) in [7, 11) is 5.05. The summed E-state index contributed by atoms with van der Waals surface area (Å²) in [6.07, 6.45) is -8.04. The summed E-state index contributed by atoms with van der Waals surface area (Å²) in [5, 5.41) is 46.4. The van der Waals surface area contributed by atoms with Crippen LogP contribution in [0.25, 0.3) is 0 Å². The largest absolute Gasteiger partial charge is 0.459 e. The third-order valence-corrected chi connectivity index (χ3v) is 14.0. The molecule has 4 N–H and O–H groups in total. The number of hydrogen-bond donors (Lipinski definition) is 4. The molecule has 0 unspecified atom stereocenters. The molecule has 340 valence electrons. The Balaban J connectivity index is 2.23. The van der Waals surface area contributed by atoms with Crippen LogP contribution in [-0.2, 0) is 42.7 Å². The number of carbonyl (C=O) groups excluding carboxylic acids is 2. The van der Waals surface area contributed by atoms with Gasteiger partial charge >= 0.3 is 5.97 Å². The van der Waals surface area contributed by atoms with Gasteiger partial charge in [-0.2, -0.15) is 0 Å². The highest BCUT2D eigenvalue weighted by molar-refractivity contribution is 5.83. The van der Waals surface area contributed by atoms with Crippen LogP contribution in [0.15, 0.2) is 0 Å². The first-order valence-corrected chi connectivity index (χ1v) is 21.6. The molecule has 0 aromatic rings. The molecule has 58 heavy (non-hydrogen) atoms. The van der Waals surface area contributed by atoms with Crippen LogP contribution in [0.1, 0.15) is 129 Å². The average Bonchev–Trinajstić information content (AvgIpc) is 3.15. The smallest absolute Gasteiger partial charge is 0.311 e. The van der Waals surface area contributed by atoms with Gasteiger partial charge in [0.25, 0.3) is 0 Å². The zero-order chi connectivity index (χ0) is 44.5. The first-order chi connectivity index (χ1) is 26.6. The summed E-state index contributed by atoms with van der Waals surface area (Å²) in [5.41, 5.74) is -4.54. The maximum absolute atomic E-state index is 14.3. The molecule has 3 rings (SSSR count). The molecule has 0 aromatic carbocycles. The number of aliphatic hydroxyl groups excluding tert-OH is 3. The van der Waals surface area contributed by atoms with E-state index in [0.29, 0.717) is 12.3 Å². The van der Waals surface area contributed by atoms with E-state index in [1.165, 1.54) is 21.1 Å². The third-order valence-electron chi connectivity index (χ3n) is 14.0. The number of esters is 1. The van der Waals surface area contributed by atoms with Crippen LogP contribution in [0.5, 0.6) is 0 Å². The monoisotopic (exact) mass is 832 g/mol. The molecule has 3 saturated heterocycles. The highest BCUT2D eigenvalue weighted by Crippen LogP contribution is 2.42. The van der Waals surface area contributed by atoms with Crippen LogP contribution in [0.2, 0.25) is 0 Å². The Morgan fingerprint density at radius 1 is 0.879 bits per heavy atom. The van der Waals surface area contributed by atoms with Crippen molar-refractivity contribution in [1.29, 1.82) is 0 Å². The molecule has 3 heterocycles. The fourth-order valence-corrected chi connectivity index (χ4v) is 10.0. The predicted molar refractivity (Wildman–Crippen MR) is 219 cm³/mol. The van der Waals surface area contributed by atoms with Crippen LogP contribution in [0.3, 0.4) is 0 Å². The zero-order valence-corrected chi connectivity index (χ0v) is 38.7. The van der Waals surface area contributed by atoms with Crippen molar-refractivity contribution >= 4 is 11.8 Å². The second-order valence-corrected chi connectivity index (χ2v) is 19.7. The van der Waals surface area contributed by atoms with Gasteiger partial charge in [-0.3, -0.25) is 14.5 Å². The number of methoxy groups -OCH3 is 2. The van der Waals surface area contributed by atoms with E-state index in [9.17, 15) is 30.0 Å². The average molecular weight is 832 g/mol. The molecule has 0 aromatic heterocycles. The van der Waals surface area contributed by atoms with Gasteiger partial charge in [0.1, 0.15) is 29.7 Å². The minimum atomic E-state index is -1.97. The van der Waals surface area contributed by atoms with Gasteiger partial charge in [0.05, 0.1) is 47.6 Å². The van der Waals surface area contributed by atoms with Crippen LogP contribution in [0, 0.1) is 29.6 Å². The fraction of sp³-hybridized carbons (Fsp3) is 0.955. The highest BCUT2D eigenvalue weighted by Gasteiger charge is 2.54. The van der Waals surface area contributed by atoms with E-state index in [1.807, 2.05) is 27.8 Å². The standard InChI is InChI=1S/C44H81NO13/c1-18-31-44(14,51)36(48)26(6)33(46)24(4)21-43(13,53-17)38(58-40-34(47)30(19-25(5)54-40)45(15)41(10,11)20-23(2)3)27(7)35(28(8)39(50)56-31)57-32-22-42(12,52-16)37(49)29(9)55-32/h23-32,34-38,40,47-49,51H,18-22H2,1-17H3/t24-,25-,26+,27+,28-,29+,30+,31-,32+,34-,35+,36-,37+,38-,40+,42-,43-,44-/m1/s1. The van der Waals surface area contributed by atoms with Gasteiger partial charge in [0.2, 0.25) is 0 Å². The maximum atomic E-state index is 14.3. The SMILES string of the molecule is CC[C@H]1OC(=O)[C@H](C)[C@@H](O[C@H]2C[C@@](C)(OC)[C@@H](O)[C@H](C)O2)[C@H](C)[C@@H](O[C@@H]2O[C@H](C)C[C@H](N(C)C(C)(C)CC(C)C)[C@H]2O)[C@](C)(OC)C[C@@H](C)C(=O)[C@H](C)[C@@H](O)[C@]1(C)O. The van der Waals surface area contributed by atoms with Crippen molar-refractivity contribution in [2.75, 3.05) is 21.3 Å². The highest BCUT2D eigenvalue weighted by atomic mass is 16.7. The van der Waals surface area contributed by atoms with E-state index in [1.54, 1.807) is 41.5 Å². The minimum absolute atomic E-state index is 0.104. The van der Waals surface area contributed by atoms with E-state index in [2.05, 4.69) is 32.6 Å². The fourth-order valence-electron chi connectivity index (χ4n) is 10.0. The minimum Gasteiger partial charge on any atom is -0.459 e. The van der Waals surface area contributed by atoms with Gasteiger partial charge in [-0.15, -0.1) is 0 Å². The lowest BCUT2D eigenvalue weighted by molar-refractivity contribution is -0.320. The number of hydrogen-bond acceptors (Lipinski definition) is 14. The lowest BCUT2D eigenvalue weighted by Gasteiger charge is -2.51. The van der Waals surface area contributed by atoms with Gasteiger partial charge in [0, 0.05) is 50.0 Å². The Morgan fingerprint density at radius 2 is 1.47 bits per heavy atom. The van der Waals surface area contributed by atoms with E-state index in [-0.39, 0.29) is 42.7 Å². The van der Waals surface area contributed by atoms with Crippen molar-refractivity contribution in [1.82, 2.24) is 4.90 Å². The number of rotatable bonds is 11. The maximum Gasteiger partial charge on any atom is 0.311 e. The molecule has 14 heteroatoms. The van der Waals surface area contributed by atoms with Crippen LogP contribution in [-0.4, -0.2) is 148 Å². The summed E-state index contributed by atoms with van der Waals surface area (Å²) in [5.74, 6) is -4.10. The van der Waals surface area contributed by atoms with Crippen LogP contribution < -0.4 is 0 Å². The topological polar surface area (TPSA) is 183 Å². The van der Waals surface area contributed by atoms with E-state index in [4.69, 9.17) is 33.2 Å². The van der Waals surface area contributed by atoms with Gasteiger partial charge in [0.15, 0.2) is 12.6 Å². The number of likely N-dealkylation sites (N-methyl/N-ethyl adjacent to an activating group) is 1. The van der Waals surface area contributed by atoms with Crippen molar-refractivity contribution in [2.45, 2.75) is 219 Å². The zero-order valence-electron chi connectivity index (χ0n) is 38.7. The number of nitrogens with zero attached hydrogens (tertiary/aromatic N) is 1. The Morgan fingerprint density at radius 3 is 2.00 bits per heavy atom. The summed E-state index contributed by atoms with van der Waals surface area (Å²) in [6, 6.07) is -0.331. The molecule has 3 fully saturated rings. The second kappa shape index (κ2) is 19.8. The third kappa shape index (κ3) is 11.0. The van der Waals surface area contributed by atoms with Crippen molar-refractivity contribution in [2.24, 2.45) is 29.6 Å². The van der Waals surface area contributed by atoms with E-state index >= 15 is 0 Å². The molecule has 0 radical (unpaired) electrons. The number of ketones is 1. The summed E-state index contributed by atoms with van der Waals surface area (Å²) >= 11 is 0. The lowest BCUT2D eigenvalue weighted by atomic mass is 9.74. The summed E-state index contributed by atoms with van der Waals surface area (Å²) in [4.78, 5) is 30.7. The number of carbonyl (C=O) groups is 2. The van der Waals surface area contributed by atoms with Gasteiger partial charge in [-0.25, -0.2) is 0 Å². The first-order valence-electron chi connectivity index (χ1n) is 21.6. The number of cyclic esters (lactones) is 1. The van der Waals surface area contributed by atoms with Gasteiger partial charge in [-0.05, 0) is 94.0 Å². The molecule has 0 bridgehead atoms. The molecule has 3 aliphatic rings. The number of aliphatic hydroxyl groups is 4. The van der Waals surface area contributed by atoms with Crippen LogP contribution >= 0.6 is 0 Å². The predicted octanol–water partition coefficient (Wildman–Crippen LogP) is 4.63. The number of Topliss-reactive ketones (excluding diaryl/α,β-unsaturated/α-hetero) is 1.